The summed E-state index contributed by atoms with van der Waals surface area (Å²) in [5.74, 6) is 1.74. The number of rotatable bonds is 6. The zero-order chi connectivity index (χ0) is 14.7. The Kier molecular flexibility index (Phi) is 3.87. The van der Waals surface area contributed by atoms with Crippen molar-refractivity contribution in [3.8, 4) is 5.75 Å². The number of nitrogens with one attached hydrogen (secondary N) is 2. The van der Waals surface area contributed by atoms with Gasteiger partial charge in [0.2, 0.25) is 0 Å². The van der Waals surface area contributed by atoms with E-state index in [-0.39, 0.29) is 0 Å². The van der Waals surface area contributed by atoms with E-state index < -0.39 is 0 Å². The lowest BCUT2D eigenvalue weighted by molar-refractivity contribution is 0.415. The van der Waals surface area contributed by atoms with Crippen LogP contribution in [-0.2, 0) is 19.6 Å². The van der Waals surface area contributed by atoms with Crippen LogP contribution in [0.15, 0.2) is 30.5 Å². The molecule has 1 aromatic carbocycles. The number of hydrogen-bond acceptors (Lipinski definition) is 4. The molecular weight excluding hydrogens is 266 g/mol. The second-order valence-electron chi connectivity index (χ2n) is 4.83. The SMILES string of the molecule is CCn1ccc(CNCc2nc3ccc(OC)cc3[nH]2)n1. The van der Waals surface area contributed by atoms with Gasteiger partial charge in [-0.15, -0.1) is 0 Å². The van der Waals surface area contributed by atoms with Crippen molar-refractivity contribution in [2.24, 2.45) is 0 Å². The number of aromatic nitrogens is 4. The van der Waals surface area contributed by atoms with Crippen molar-refractivity contribution in [1.29, 1.82) is 0 Å². The molecule has 2 N–H and O–H groups in total. The maximum Gasteiger partial charge on any atom is 0.121 e. The summed E-state index contributed by atoms with van der Waals surface area (Å²) in [5, 5.41) is 7.78. The van der Waals surface area contributed by atoms with Crippen LogP contribution in [0.5, 0.6) is 5.75 Å². The highest BCUT2D eigenvalue weighted by atomic mass is 16.5. The second kappa shape index (κ2) is 5.97. The van der Waals surface area contributed by atoms with Gasteiger partial charge in [-0.3, -0.25) is 4.68 Å². The third-order valence-electron chi connectivity index (χ3n) is 3.36. The largest absolute Gasteiger partial charge is 0.497 e. The molecule has 0 saturated heterocycles. The standard InChI is InChI=1S/C15H19N5O/c1-3-20-7-6-11(19-20)9-16-10-15-17-13-5-4-12(21-2)8-14(13)18-15/h4-8,16H,3,9-10H2,1-2H3,(H,17,18). The molecule has 2 heterocycles. The highest BCUT2D eigenvalue weighted by molar-refractivity contribution is 5.76. The normalized spacial score (nSPS) is 11.1. The summed E-state index contributed by atoms with van der Waals surface area (Å²) in [5.41, 5.74) is 2.97. The Morgan fingerprint density at radius 3 is 2.95 bits per heavy atom. The molecule has 0 radical (unpaired) electrons. The van der Waals surface area contributed by atoms with Crippen molar-refractivity contribution in [2.75, 3.05) is 7.11 Å². The number of nitrogens with zero attached hydrogens (tertiary/aromatic N) is 3. The molecule has 6 nitrogen and oxygen atoms in total. The summed E-state index contributed by atoms with van der Waals surface area (Å²) in [7, 11) is 1.66. The van der Waals surface area contributed by atoms with Crippen molar-refractivity contribution in [2.45, 2.75) is 26.6 Å². The lowest BCUT2D eigenvalue weighted by Gasteiger charge is -1.99. The summed E-state index contributed by atoms with van der Waals surface area (Å²) in [6.07, 6.45) is 1.99. The monoisotopic (exact) mass is 285 g/mol. The van der Waals surface area contributed by atoms with E-state index >= 15 is 0 Å². The lowest BCUT2D eigenvalue weighted by atomic mass is 10.3. The fraction of sp³-hybridized carbons (Fsp3) is 0.333. The summed E-state index contributed by atoms with van der Waals surface area (Å²) in [4.78, 5) is 7.84. The topological polar surface area (TPSA) is 67.8 Å². The molecule has 110 valence electrons. The van der Waals surface area contributed by atoms with E-state index in [1.54, 1.807) is 7.11 Å². The van der Waals surface area contributed by atoms with E-state index in [0.29, 0.717) is 6.54 Å². The average Bonchev–Trinajstić information content (AvgIpc) is 3.12. The molecule has 0 saturated carbocycles. The van der Waals surface area contributed by atoms with Gasteiger partial charge in [-0.05, 0) is 25.1 Å². The molecule has 0 aliphatic rings. The number of benzene rings is 1. The van der Waals surface area contributed by atoms with Crippen LogP contribution in [0.1, 0.15) is 18.4 Å². The van der Waals surface area contributed by atoms with Gasteiger partial charge in [0.15, 0.2) is 0 Å². The third-order valence-corrected chi connectivity index (χ3v) is 3.36. The summed E-state index contributed by atoms with van der Waals surface area (Å²) in [6.45, 7) is 4.38. The second-order valence-corrected chi connectivity index (χ2v) is 4.83. The number of aromatic amines is 1. The van der Waals surface area contributed by atoms with Gasteiger partial charge >= 0.3 is 0 Å². The summed E-state index contributed by atoms with van der Waals surface area (Å²) >= 11 is 0. The predicted molar refractivity (Wildman–Crippen MR) is 81.1 cm³/mol. The molecular formula is C15H19N5O. The quantitative estimate of drug-likeness (QED) is 0.727. The number of ether oxygens (including phenoxy) is 1. The molecule has 6 heteroatoms. The molecule has 0 atom stereocenters. The van der Waals surface area contributed by atoms with Gasteiger partial charge in [0.1, 0.15) is 11.6 Å². The van der Waals surface area contributed by atoms with Crippen molar-refractivity contribution in [1.82, 2.24) is 25.1 Å². The van der Waals surface area contributed by atoms with Crippen molar-refractivity contribution in [3.63, 3.8) is 0 Å². The first-order chi connectivity index (χ1) is 10.3. The van der Waals surface area contributed by atoms with Gasteiger partial charge in [-0.2, -0.15) is 5.10 Å². The van der Waals surface area contributed by atoms with Crippen LogP contribution in [0.25, 0.3) is 11.0 Å². The molecule has 0 amide bonds. The van der Waals surface area contributed by atoms with Crippen molar-refractivity contribution in [3.05, 3.63) is 42.0 Å². The van der Waals surface area contributed by atoms with E-state index in [0.717, 1.165) is 41.4 Å². The van der Waals surface area contributed by atoms with Gasteiger partial charge in [-0.1, -0.05) is 0 Å². The Balaban J connectivity index is 1.62. The first-order valence-electron chi connectivity index (χ1n) is 7.04. The molecule has 0 aliphatic heterocycles. The van der Waals surface area contributed by atoms with E-state index in [1.165, 1.54) is 0 Å². The van der Waals surface area contributed by atoms with Crippen LogP contribution in [-0.4, -0.2) is 26.9 Å². The zero-order valence-corrected chi connectivity index (χ0v) is 12.3. The smallest absolute Gasteiger partial charge is 0.121 e. The van der Waals surface area contributed by atoms with Crippen LogP contribution in [0.3, 0.4) is 0 Å². The van der Waals surface area contributed by atoms with Gasteiger partial charge in [0, 0.05) is 25.4 Å². The maximum absolute atomic E-state index is 5.21. The molecule has 0 bridgehead atoms. The summed E-state index contributed by atoms with van der Waals surface area (Å²) < 4.78 is 7.13. The molecule has 0 unspecified atom stereocenters. The number of H-pyrrole nitrogens is 1. The number of aryl methyl sites for hydroxylation is 1. The van der Waals surface area contributed by atoms with Crippen molar-refractivity contribution >= 4 is 11.0 Å². The van der Waals surface area contributed by atoms with Gasteiger partial charge in [-0.25, -0.2) is 4.98 Å². The highest BCUT2D eigenvalue weighted by Crippen LogP contribution is 2.18. The Bertz CT molecular complexity index is 731. The van der Waals surface area contributed by atoms with Crippen LogP contribution in [0.4, 0.5) is 0 Å². The lowest BCUT2D eigenvalue weighted by Crippen LogP contribution is -2.14. The van der Waals surface area contributed by atoms with Crippen LogP contribution in [0.2, 0.25) is 0 Å². The van der Waals surface area contributed by atoms with Gasteiger partial charge in [0.25, 0.3) is 0 Å². The minimum atomic E-state index is 0.677. The number of hydrogen-bond donors (Lipinski definition) is 2. The molecule has 21 heavy (non-hydrogen) atoms. The first kappa shape index (κ1) is 13.6. The Morgan fingerprint density at radius 2 is 2.19 bits per heavy atom. The maximum atomic E-state index is 5.21. The van der Waals surface area contributed by atoms with E-state index in [9.17, 15) is 0 Å². The number of fused-ring (bicyclic) bond motifs is 1. The molecule has 0 spiro atoms. The molecule has 2 aromatic heterocycles. The predicted octanol–water partition coefficient (Wildman–Crippen LogP) is 2.08. The average molecular weight is 285 g/mol. The Hall–Kier alpha value is -2.34. The van der Waals surface area contributed by atoms with Crippen LogP contribution in [0, 0.1) is 0 Å². The fourth-order valence-electron chi connectivity index (χ4n) is 2.24. The molecule has 3 aromatic rings. The number of methoxy groups -OCH3 is 1. The van der Waals surface area contributed by atoms with Crippen LogP contribution >= 0.6 is 0 Å². The van der Waals surface area contributed by atoms with Crippen molar-refractivity contribution < 1.29 is 4.74 Å². The third kappa shape index (κ3) is 3.05. The van der Waals surface area contributed by atoms with E-state index in [4.69, 9.17) is 4.74 Å². The highest BCUT2D eigenvalue weighted by Gasteiger charge is 2.04. The minimum absolute atomic E-state index is 0.677. The van der Waals surface area contributed by atoms with E-state index in [2.05, 4.69) is 27.3 Å². The molecule has 3 rings (SSSR count). The van der Waals surface area contributed by atoms with Gasteiger partial charge in [0.05, 0.1) is 30.4 Å². The zero-order valence-electron chi connectivity index (χ0n) is 12.3. The Morgan fingerprint density at radius 1 is 1.29 bits per heavy atom. The first-order valence-corrected chi connectivity index (χ1v) is 7.04. The fourth-order valence-corrected chi connectivity index (χ4v) is 2.24. The van der Waals surface area contributed by atoms with Crippen LogP contribution < -0.4 is 10.1 Å². The molecule has 0 aliphatic carbocycles. The van der Waals surface area contributed by atoms with Gasteiger partial charge < -0.3 is 15.0 Å². The minimum Gasteiger partial charge on any atom is -0.497 e. The Labute approximate surface area is 123 Å². The number of imidazole rings is 1. The van der Waals surface area contributed by atoms with E-state index in [1.807, 2.05) is 35.1 Å². The molecule has 0 fully saturated rings. The summed E-state index contributed by atoms with van der Waals surface area (Å²) in [6, 6.07) is 7.85.